The Kier molecular flexibility index (Phi) is 7.19. The van der Waals surface area contributed by atoms with Gasteiger partial charge >= 0.3 is 0 Å². The van der Waals surface area contributed by atoms with Gasteiger partial charge in [-0.3, -0.25) is 15.1 Å². The monoisotopic (exact) mass is 414 g/mol. The molecule has 0 bridgehead atoms. The number of guanidine groups is 1. The average molecular weight is 415 g/mol. The summed E-state index contributed by atoms with van der Waals surface area (Å²) in [6.07, 6.45) is 4.44. The molecule has 0 atom stereocenters. The molecular formula is C26H30N4O. The fourth-order valence-electron chi connectivity index (χ4n) is 3.03. The van der Waals surface area contributed by atoms with Crippen LogP contribution in [0.3, 0.4) is 0 Å². The molecule has 0 fully saturated rings. The number of benzene rings is 2. The minimum atomic E-state index is -0.202. The van der Waals surface area contributed by atoms with Gasteiger partial charge in [-0.25, -0.2) is 4.99 Å². The Morgan fingerprint density at radius 2 is 1.55 bits per heavy atom. The van der Waals surface area contributed by atoms with Crippen molar-refractivity contribution in [2.24, 2.45) is 4.99 Å². The summed E-state index contributed by atoms with van der Waals surface area (Å²) in [4.78, 5) is 21.5. The predicted molar refractivity (Wildman–Crippen MR) is 127 cm³/mol. The lowest BCUT2D eigenvalue weighted by Crippen LogP contribution is -2.36. The number of carbonyl (C=O) groups excluding carboxylic acids is 1. The smallest absolute Gasteiger partial charge is 0.257 e. The Bertz CT molecular complexity index is 1020. The number of nitrogens with zero attached hydrogens (tertiary/aromatic N) is 2. The standard InChI is InChI=1S/C26H30N4O/c1-5-19-6-12-23(13-7-19)29-25(28-18-20-14-16-27-17-15-20)30-24(31)21-8-10-22(11-9-21)26(2,3)4/h6-17H,5,18H2,1-4H3,(H2,28,29,30,31). The molecule has 2 aromatic carbocycles. The van der Waals surface area contributed by atoms with Gasteiger partial charge in [0.15, 0.2) is 0 Å². The summed E-state index contributed by atoms with van der Waals surface area (Å²) < 4.78 is 0. The molecule has 160 valence electrons. The van der Waals surface area contributed by atoms with Crippen molar-refractivity contribution in [3.05, 3.63) is 95.3 Å². The molecule has 3 aromatic rings. The topological polar surface area (TPSA) is 66.4 Å². The summed E-state index contributed by atoms with van der Waals surface area (Å²) in [6, 6.07) is 19.6. The van der Waals surface area contributed by atoms with Crippen LogP contribution in [0, 0.1) is 0 Å². The van der Waals surface area contributed by atoms with Crippen LogP contribution in [0.25, 0.3) is 0 Å². The molecule has 0 radical (unpaired) electrons. The van der Waals surface area contributed by atoms with E-state index in [4.69, 9.17) is 0 Å². The molecule has 0 unspecified atom stereocenters. The maximum absolute atomic E-state index is 12.9. The van der Waals surface area contributed by atoms with E-state index in [2.05, 4.69) is 60.4 Å². The number of hydrogen-bond acceptors (Lipinski definition) is 3. The van der Waals surface area contributed by atoms with Crippen LogP contribution in [0.15, 0.2) is 78.0 Å². The number of carbonyl (C=O) groups is 1. The Hall–Kier alpha value is -3.47. The Balaban J connectivity index is 1.78. The molecule has 1 heterocycles. The van der Waals surface area contributed by atoms with Crippen LogP contribution in [-0.2, 0) is 18.4 Å². The summed E-state index contributed by atoms with van der Waals surface area (Å²) >= 11 is 0. The second-order valence-electron chi connectivity index (χ2n) is 8.48. The van der Waals surface area contributed by atoms with Crippen LogP contribution in [0.1, 0.15) is 54.7 Å². The third kappa shape index (κ3) is 6.51. The molecule has 1 aromatic heterocycles. The van der Waals surface area contributed by atoms with Crippen molar-refractivity contribution in [2.75, 3.05) is 5.32 Å². The highest BCUT2D eigenvalue weighted by atomic mass is 16.1. The van der Waals surface area contributed by atoms with E-state index in [1.165, 1.54) is 11.1 Å². The van der Waals surface area contributed by atoms with Gasteiger partial charge in [-0.05, 0) is 64.9 Å². The van der Waals surface area contributed by atoms with Crippen molar-refractivity contribution >= 4 is 17.6 Å². The van der Waals surface area contributed by atoms with Gasteiger partial charge in [-0.15, -0.1) is 0 Å². The number of anilines is 1. The summed E-state index contributed by atoms with van der Waals surface area (Å²) in [5, 5.41) is 6.16. The zero-order valence-corrected chi connectivity index (χ0v) is 18.6. The molecule has 31 heavy (non-hydrogen) atoms. The first kappa shape index (κ1) is 22.2. The number of rotatable bonds is 5. The quantitative estimate of drug-likeness (QED) is 0.437. The molecule has 3 rings (SSSR count). The van der Waals surface area contributed by atoms with Crippen LogP contribution < -0.4 is 10.6 Å². The van der Waals surface area contributed by atoms with E-state index in [0.717, 1.165) is 17.7 Å². The van der Waals surface area contributed by atoms with Crippen LogP contribution in [0.2, 0.25) is 0 Å². The second kappa shape index (κ2) is 10.0. The van der Waals surface area contributed by atoms with Crippen molar-refractivity contribution in [1.29, 1.82) is 0 Å². The molecule has 5 nitrogen and oxygen atoms in total. The zero-order valence-electron chi connectivity index (χ0n) is 18.6. The van der Waals surface area contributed by atoms with Crippen LogP contribution in [0.4, 0.5) is 5.69 Å². The van der Waals surface area contributed by atoms with Crippen molar-refractivity contribution in [3.8, 4) is 0 Å². The Morgan fingerprint density at radius 1 is 0.903 bits per heavy atom. The van der Waals surface area contributed by atoms with E-state index in [1.54, 1.807) is 12.4 Å². The molecule has 5 heteroatoms. The summed E-state index contributed by atoms with van der Waals surface area (Å²) in [6.45, 7) is 9.01. The second-order valence-corrected chi connectivity index (χ2v) is 8.48. The number of aromatic nitrogens is 1. The molecule has 0 saturated heterocycles. The van der Waals surface area contributed by atoms with Crippen LogP contribution in [0.5, 0.6) is 0 Å². The molecule has 0 aliphatic heterocycles. The summed E-state index contributed by atoms with van der Waals surface area (Å²) in [5.74, 6) is 0.206. The van der Waals surface area contributed by atoms with Gasteiger partial charge < -0.3 is 5.32 Å². The van der Waals surface area contributed by atoms with Crippen molar-refractivity contribution < 1.29 is 4.79 Å². The maximum atomic E-state index is 12.9. The largest absolute Gasteiger partial charge is 0.326 e. The first-order valence-corrected chi connectivity index (χ1v) is 10.6. The lowest BCUT2D eigenvalue weighted by Gasteiger charge is -2.19. The van der Waals surface area contributed by atoms with E-state index in [-0.39, 0.29) is 11.3 Å². The molecule has 2 N–H and O–H groups in total. The molecule has 0 saturated carbocycles. The highest BCUT2D eigenvalue weighted by Gasteiger charge is 2.15. The van der Waals surface area contributed by atoms with E-state index in [9.17, 15) is 4.79 Å². The van der Waals surface area contributed by atoms with Crippen LogP contribution >= 0.6 is 0 Å². The zero-order chi connectivity index (χ0) is 22.3. The number of aliphatic imine (C=N–C) groups is 1. The molecular weight excluding hydrogens is 384 g/mol. The van der Waals surface area contributed by atoms with Gasteiger partial charge in [-0.2, -0.15) is 0 Å². The lowest BCUT2D eigenvalue weighted by molar-refractivity contribution is 0.0977. The average Bonchev–Trinajstić information content (AvgIpc) is 2.78. The minimum Gasteiger partial charge on any atom is -0.326 e. The van der Waals surface area contributed by atoms with E-state index < -0.39 is 0 Å². The van der Waals surface area contributed by atoms with E-state index >= 15 is 0 Å². The third-order valence-electron chi connectivity index (χ3n) is 5.04. The minimum absolute atomic E-state index is 0.0401. The van der Waals surface area contributed by atoms with E-state index in [0.29, 0.717) is 18.1 Å². The normalized spacial score (nSPS) is 11.8. The Morgan fingerprint density at radius 3 is 2.13 bits per heavy atom. The number of amides is 1. The van der Waals surface area contributed by atoms with Gasteiger partial charge in [-0.1, -0.05) is 52.0 Å². The van der Waals surface area contributed by atoms with Crippen molar-refractivity contribution in [1.82, 2.24) is 10.3 Å². The van der Waals surface area contributed by atoms with Crippen LogP contribution in [-0.4, -0.2) is 16.9 Å². The number of hydrogen-bond donors (Lipinski definition) is 2. The predicted octanol–water partition coefficient (Wildman–Crippen LogP) is 5.34. The highest BCUT2D eigenvalue weighted by Crippen LogP contribution is 2.22. The van der Waals surface area contributed by atoms with Gasteiger partial charge in [0.2, 0.25) is 5.96 Å². The lowest BCUT2D eigenvalue weighted by atomic mass is 9.87. The number of pyridine rings is 1. The molecule has 0 aliphatic rings. The van der Waals surface area contributed by atoms with E-state index in [1.807, 2.05) is 48.5 Å². The van der Waals surface area contributed by atoms with Crippen molar-refractivity contribution in [2.45, 2.75) is 46.1 Å². The fraction of sp³-hybridized carbons (Fsp3) is 0.269. The highest BCUT2D eigenvalue weighted by molar-refractivity contribution is 6.09. The number of nitrogens with one attached hydrogen (secondary N) is 2. The SMILES string of the molecule is CCc1ccc(NC(=NCc2ccncc2)NC(=O)c2ccc(C(C)(C)C)cc2)cc1. The molecule has 0 spiro atoms. The first-order valence-electron chi connectivity index (χ1n) is 10.6. The summed E-state index contributed by atoms with van der Waals surface area (Å²) in [7, 11) is 0. The molecule has 0 aliphatic carbocycles. The summed E-state index contributed by atoms with van der Waals surface area (Å²) in [5.41, 5.74) is 4.95. The Labute approximate surface area is 184 Å². The first-order chi connectivity index (χ1) is 14.8. The number of aryl methyl sites for hydroxylation is 1. The van der Waals surface area contributed by atoms with Gasteiger partial charge in [0.1, 0.15) is 0 Å². The maximum Gasteiger partial charge on any atom is 0.257 e. The van der Waals surface area contributed by atoms with Gasteiger partial charge in [0.25, 0.3) is 5.91 Å². The fourth-order valence-corrected chi connectivity index (χ4v) is 3.03. The van der Waals surface area contributed by atoms with Gasteiger partial charge in [0.05, 0.1) is 6.54 Å². The molecule has 1 amide bonds. The van der Waals surface area contributed by atoms with Crippen molar-refractivity contribution in [3.63, 3.8) is 0 Å². The third-order valence-corrected chi connectivity index (χ3v) is 5.04. The van der Waals surface area contributed by atoms with Gasteiger partial charge in [0, 0.05) is 23.6 Å².